The molecule has 2 aromatic carbocycles. The maximum absolute atomic E-state index is 13.2. The zero-order valence-corrected chi connectivity index (χ0v) is 14.9. The second-order valence-electron chi connectivity index (χ2n) is 6.16. The number of benzene rings is 2. The van der Waals surface area contributed by atoms with Crippen molar-refractivity contribution in [2.24, 2.45) is 0 Å². The van der Waals surface area contributed by atoms with E-state index in [2.05, 4.69) is 10.6 Å². The van der Waals surface area contributed by atoms with Crippen molar-refractivity contribution >= 4 is 23.2 Å². The number of carbonyl (C=O) groups excluding carboxylic acids is 1. The van der Waals surface area contributed by atoms with Gasteiger partial charge in [0.1, 0.15) is 5.82 Å². The van der Waals surface area contributed by atoms with Crippen molar-refractivity contribution < 1.29 is 9.18 Å². The number of carbonyl (C=O) groups is 1. The average molecular weight is 349 g/mol. The minimum Gasteiger partial charge on any atom is -0.325 e. The minimum absolute atomic E-state index is 0.124. The Balaban J connectivity index is 2.02. The lowest BCUT2D eigenvalue weighted by Gasteiger charge is -2.28. The van der Waals surface area contributed by atoms with Crippen LogP contribution in [0.2, 0.25) is 5.02 Å². The van der Waals surface area contributed by atoms with Gasteiger partial charge in [-0.15, -0.1) is 0 Å². The standard InChI is InChI=1S/C19H22ClFN2O/c1-4-13-7-5-6-8-17(13)23-18(24)12-22-19(2,3)15-10-9-14(21)11-16(15)20/h5-11,22H,4,12H2,1-3H3,(H,23,24). The molecule has 0 bridgehead atoms. The van der Waals surface area contributed by atoms with Gasteiger partial charge in [-0.25, -0.2) is 4.39 Å². The summed E-state index contributed by atoms with van der Waals surface area (Å²) in [4.78, 5) is 12.2. The molecule has 0 aliphatic rings. The first-order chi connectivity index (χ1) is 11.3. The van der Waals surface area contributed by atoms with Crippen molar-refractivity contribution in [2.45, 2.75) is 32.7 Å². The first-order valence-corrected chi connectivity index (χ1v) is 8.29. The number of rotatable bonds is 6. The second kappa shape index (κ2) is 7.77. The number of amides is 1. The molecule has 2 N–H and O–H groups in total. The van der Waals surface area contributed by atoms with E-state index in [1.807, 2.05) is 45.0 Å². The van der Waals surface area contributed by atoms with Gasteiger partial charge in [0.2, 0.25) is 5.91 Å². The molecule has 0 radical (unpaired) electrons. The SMILES string of the molecule is CCc1ccccc1NC(=O)CNC(C)(C)c1ccc(F)cc1Cl. The Morgan fingerprint density at radius 1 is 1.21 bits per heavy atom. The van der Waals surface area contributed by atoms with Gasteiger partial charge < -0.3 is 5.32 Å². The number of hydrogen-bond donors (Lipinski definition) is 2. The fourth-order valence-electron chi connectivity index (χ4n) is 2.54. The highest BCUT2D eigenvalue weighted by molar-refractivity contribution is 6.31. The van der Waals surface area contributed by atoms with Crippen LogP contribution >= 0.6 is 11.6 Å². The van der Waals surface area contributed by atoms with Gasteiger partial charge in [-0.3, -0.25) is 10.1 Å². The van der Waals surface area contributed by atoms with Crippen molar-refractivity contribution in [3.63, 3.8) is 0 Å². The molecule has 0 spiro atoms. The smallest absolute Gasteiger partial charge is 0.238 e. The minimum atomic E-state index is -0.563. The number of anilines is 1. The van der Waals surface area contributed by atoms with Crippen LogP contribution in [0, 0.1) is 5.82 Å². The van der Waals surface area contributed by atoms with E-state index in [1.165, 1.54) is 12.1 Å². The van der Waals surface area contributed by atoms with Crippen LogP contribution in [0.25, 0.3) is 0 Å². The van der Waals surface area contributed by atoms with Crippen molar-refractivity contribution in [3.05, 3.63) is 64.4 Å². The van der Waals surface area contributed by atoms with Crippen LogP contribution in [0.3, 0.4) is 0 Å². The van der Waals surface area contributed by atoms with Gasteiger partial charge in [0.15, 0.2) is 0 Å². The first-order valence-electron chi connectivity index (χ1n) is 7.92. The largest absolute Gasteiger partial charge is 0.325 e. The van der Waals surface area contributed by atoms with Crippen LogP contribution in [0.15, 0.2) is 42.5 Å². The quantitative estimate of drug-likeness (QED) is 0.806. The Morgan fingerprint density at radius 3 is 2.58 bits per heavy atom. The highest BCUT2D eigenvalue weighted by Crippen LogP contribution is 2.28. The molecule has 0 aliphatic heterocycles. The molecule has 0 heterocycles. The van der Waals surface area contributed by atoms with Crippen molar-refractivity contribution in [1.29, 1.82) is 0 Å². The monoisotopic (exact) mass is 348 g/mol. The van der Waals surface area contributed by atoms with E-state index in [1.54, 1.807) is 6.07 Å². The van der Waals surface area contributed by atoms with Crippen LogP contribution < -0.4 is 10.6 Å². The summed E-state index contributed by atoms with van der Waals surface area (Å²) < 4.78 is 13.2. The number of hydrogen-bond acceptors (Lipinski definition) is 2. The van der Waals surface area contributed by atoms with E-state index in [0.717, 1.165) is 23.2 Å². The van der Waals surface area contributed by atoms with Gasteiger partial charge in [0.05, 0.1) is 6.54 Å². The molecule has 2 rings (SSSR count). The molecule has 0 aromatic heterocycles. The van der Waals surface area contributed by atoms with Crippen molar-refractivity contribution in [2.75, 3.05) is 11.9 Å². The highest BCUT2D eigenvalue weighted by Gasteiger charge is 2.24. The first kappa shape index (κ1) is 18.4. The molecule has 0 aliphatic carbocycles. The molecule has 5 heteroatoms. The Labute approximate surface area is 147 Å². The van der Waals surface area contributed by atoms with E-state index in [0.29, 0.717) is 5.02 Å². The Morgan fingerprint density at radius 2 is 1.92 bits per heavy atom. The van der Waals surface area contributed by atoms with E-state index in [-0.39, 0.29) is 18.3 Å². The van der Waals surface area contributed by atoms with Crippen molar-refractivity contribution in [3.8, 4) is 0 Å². The third-order valence-electron chi connectivity index (χ3n) is 3.97. The molecule has 0 fully saturated rings. The third kappa shape index (κ3) is 4.56. The summed E-state index contributed by atoms with van der Waals surface area (Å²) in [5.41, 5.74) is 2.09. The maximum Gasteiger partial charge on any atom is 0.238 e. The van der Waals surface area contributed by atoms with Gasteiger partial charge in [-0.05, 0) is 49.6 Å². The number of aryl methyl sites for hydroxylation is 1. The lowest BCUT2D eigenvalue weighted by Crippen LogP contribution is -2.41. The van der Waals surface area contributed by atoms with E-state index >= 15 is 0 Å². The predicted molar refractivity (Wildman–Crippen MR) is 96.9 cm³/mol. The van der Waals surface area contributed by atoms with Crippen LogP contribution in [0.4, 0.5) is 10.1 Å². The van der Waals surface area contributed by atoms with Gasteiger partial charge in [0, 0.05) is 16.2 Å². The van der Waals surface area contributed by atoms with Crippen LogP contribution in [0.5, 0.6) is 0 Å². The van der Waals surface area contributed by atoms with Gasteiger partial charge in [-0.2, -0.15) is 0 Å². The molecule has 2 aromatic rings. The fourth-order valence-corrected chi connectivity index (χ4v) is 2.94. The summed E-state index contributed by atoms with van der Waals surface area (Å²) in [6, 6.07) is 12.0. The average Bonchev–Trinajstić information content (AvgIpc) is 2.53. The topological polar surface area (TPSA) is 41.1 Å². The Hall–Kier alpha value is -1.91. The van der Waals surface area contributed by atoms with Crippen LogP contribution in [0.1, 0.15) is 31.9 Å². The zero-order chi connectivity index (χ0) is 17.7. The summed E-state index contributed by atoms with van der Waals surface area (Å²) in [6.45, 7) is 5.97. The molecular weight excluding hydrogens is 327 g/mol. The second-order valence-corrected chi connectivity index (χ2v) is 6.57. The molecular formula is C19H22ClFN2O. The molecule has 0 atom stereocenters. The molecule has 24 heavy (non-hydrogen) atoms. The fraction of sp³-hybridized carbons (Fsp3) is 0.316. The summed E-state index contributed by atoms with van der Waals surface area (Å²) in [7, 11) is 0. The van der Waals surface area contributed by atoms with Gasteiger partial charge in [0.25, 0.3) is 0 Å². The van der Waals surface area contributed by atoms with Gasteiger partial charge in [-0.1, -0.05) is 42.8 Å². The maximum atomic E-state index is 13.2. The Kier molecular flexibility index (Phi) is 5.97. The summed E-state index contributed by atoms with van der Waals surface area (Å²) in [5, 5.41) is 6.43. The van der Waals surface area contributed by atoms with E-state index < -0.39 is 5.54 Å². The lowest BCUT2D eigenvalue weighted by molar-refractivity contribution is -0.115. The molecule has 1 amide bonds. The van der Waals surface area contributed by atoms with Crippen LogP contribution in [-0.2, 0) is 16.8 Å². The number of nitrogens with one attached hydrogen (secondary N) is 2. The number of para-hydroxylation sites is 1. The molecule has 0 unspecified atom stereocenters. The van der Waals surface area contributed by atoms with E-state index in [4.69, 9.17) is 11.6 Å². The summed E-state index contributed by atoms with van der Waals surface area (Å²) in [5.74, 6) is -0.518. The highest BCUT2D eigenvalue weighted by atomic mass is 35.5. The predicted octanol–water partition coefficient (Wildman–Crippen LogP) is 4.50. The zero-order valence-electron chi connectivity index (χ0n) is 14.1. The summed E-state index contributed by atoms with van der Waals surface area (Å²) in [6.07, 6.45) is 0.848. The van der Waals surface area contributed by atoms with Gasteiger partial charge >= 0.3 is 0 Å². The Bertz CT molecular complexity index is 731. The molecule has 0 saturated heterocycles. The third-order valence-corrected chi connectivity index (χ3v) is 4.28. The van der Waals surface area contributed by atoms with Crippen LogP contribution in [-0.4, -0.2) is 12.5 Å². The molecule has 128 valence electrons. The lowest BCUT2D eigenvalue weighted by atomic mass is 9.94. The van der Waals surface area contributed by atoms with E-state index in [9.17, 15) is 9.18 Å². The molecule has 3 nitrogen and oxygen atoms in total. The number of halogens is 2. The normalized spacial score (nSPS) is 11.4. The van der Waals surface area contributed by atoms with Crippen molar-refractivity contribution in [1.82, 2.24) is 5.32 Å². The molecule has 0 saturated carbocycles. The summed E-state index contributed by atoms with van der Waals surface area (Å²) >= 11 is 6.12.